The minimum absolute atomic E-state index is 0.0263. The number of hydrogen-bond donors (Lipinski definition) is 2. The molecule has 1 aliphatic heterocycles. The number of hydrogen-bond acceptors (Lipinski definition) is 4. The Kier molecular flexibility index (Phi) is 7.01. The maximum atomic E-state index is 12.8. The first-order valence-corrected chi connectivity index (χ1v) is 8.76. The van der Waals surface area contributed by atoms with Gasteiger partial charge in [0, 0.05) is 44.5 Å². The number of nitrogens with zero attached hydrogens (tertiary/aromatic N) is 2. The zero-order valence-corrected chi connectivity index (χ0v) is 15.1. The van der Waals surface area contributed by atoms with Gasteiger partial charge in [0.15, 0.2) is 0 Å². The van der Waals surface area contributed by atoms with Gasteiger partial charge in [0.25, 0.3) is 5.91 Å². The predicted molar refractivity (Wildman–Crippen MR) is 101 cm³/mol. The summed E-state index contributed by atoms with van der Waals surface area (Å²) in [6.07, 6.45) is 1.77. The Morgan fingerprint density at radius 1 is 1.20 bits per heavy atom. The monoisotopic (exact) mass is 344 g/mol. The summed E-state index contributed by atoms with van der Waals surface area (Å²) in [5.74, 6) is 0.0622. The van der Waals surface area contributed by atoms with Gasteiger partial charge in [-0.2, -0.15) is 0 Å². The molecule has 1 aliphatic rings. The summed E-state index contributed by atoms with van der Waals surface area (Å²) in [7, 11) is 0. The molecule has 25 heavy (non-hydrogen) atoms. The normalized spacial score (nSPS) is 15.1. The lowest BCUT2D eigenvalue weighted by Gasteiger charge is -2.34. The van der Waals surface area contributed by atoms with Gasteiger partial charge in [-0.25, -0.2) is 0 Å². The summed E-state index contributed by atoms with van der Waals surface area (Å²) in [6, 6.07) is 7.68. The van der Waals surface area contributed by atoms with Crippen molar-refractivity contribution in [3.63, 3.8) is 0 Å². The molecule has 2 amide bonds. The van der Waals surface area contributed by atoms with Crippen LogP contribution in [-0.4, -0.2) is 66.9 Å². The van der Waals surface area contributed by atoms with E-state index in [0.717, 1.165) is 5.69 Å². The predicted octanol–water partition coefficient (Wildman–Crippen LogP) is 1.57. The minimum atomic E-state index is 0.0263. The van der Waals surface area contributed by atoms with Crippen LogP contribution >= 0.6 is 0 Å². The number of carbonyl (C=O) groups is 2. The van der Waals surface area contributed by atoms with Crippen LogP contribution in [0.2, 0.25) is 0 Å². The highest BCUT2D eigenvalue weighted by Gasteiger charge is 2.24. The number of nitrogens with one attached hydrogen (secondary N) is 2. The molecule has 6 nitrogen and oxygen atoms in total. The van der Waals surface area contributed by atoms with Crippen molar-refractivity contribution >= 4 is 17.5 Å². The number of anilines is 1. The Labute approximate surface area is 149 Å². The largest absolute Gasteiger partial charge is 0.381 e. The number of carbonyl (C=O) groups excluding carboxylic acids is 2. The molecule has 0 unspecified atom stereocenters. The molecular weight excluding hydrogens is 316 g/mol. The first-order valence-electron chi connectivity index (χ1n) is 8.76. The fourth-order valence-electron chi connectivity index (χ4n) is 2.86. The third-order valence-corrected chi connectivity index (χ3v) is 4.07. The standard InChI is InChI=1S/C19H28N4O2/c1-4-9-20-17-8-6-5-7-16(17)19(25)23-12-10-22(11-13-23)14-18(24)21-15(2)3/h4-8,15,20H,1,9-14H2,2-3H3,(H,21,24). The van der Waals surface area contributed by atoms with Gasteiger partial charge in [0.2, 0.25) is 5.91 Å². The van der Waals surface area contributed by atoms with Gasteiger partial charge in [-0.05, 0) is 26.0 Å². The van der Waals surface area contributed by atoms with Crippen LogP contribution in [0.5, 0.6) is 0 Å². The van der Waals surface area contributed by atoms with E-state index in [1.54, 1.807) is 6.08 Å². The summed E-state index contributed by atoms with van der Waals surface area (Å²) in [6.45, 7) is 11.3. The highest BCUT2D eigenvalue weighted by atomic mass is 16.2. The molecule has 1 heterocycles. The summed E-state index contributed by atoms with van der Waals surface area (Å²) in [5, 5.41) is 6.11. The van der Waals surface area contributed by atoms with Crippen molar-refractivity contribution in [2.24, 2.45) is 0 Å². The number of rotatable bonds is 7. The Balaban J connectivity index is 1.91. The van der Waals surface area contributed by atoms with Crippen molar-refractivity contribution in [2.45, 2.75) is 19.9 Å². The molecule has 0 atom stereocenters. The Morgan fingerprint density at radius 2 is 1.88 bits per heavy atom. The Bertz CT molecular complexity index is 607. The van der Waals surface area contributed by atoms with E-state index in [1.807, 2.05) is 43.0 Å². The highest BCUT2D eigenvalue weighted by Crippen LogP contribution is 2.18. The molecule has 0 spiro atoms. The lowest BCUT2D eigenvalue weighted by atomic mass is 10.1. The molecule has 0 saturated carbocycles. The molecule has 1 fully saturated rings. The second kappa shape index (κ2) is 9.22. The lowest BCUT2D eigenvalue weighted by Crippen LogP contribution is -2.51. The van der Waals surface area contributed by atoms with Crippen LogP contribution in [0.25, 0.3) is 0 Å². The fraction of sp³-hybridized carbons (Fsp3) is 0.474. The van der Waals surface area contributed by atoms with E-state index in [0.29, 0.717) is 44.8 Å². The molecule has 136 valence electrons. The fourth-order valence-corrected chi connectivity index (χ4v) is 2.86. The molecule has 1 aromatic carbocycles. The van der Waals surface area contributed by atoms with Crippen LogP contribution in [0.15, 0.2) is 36.9 Å². The molecule has 0 radical (unpaired) electrons. The van der Waals surface area contributed by atoms with Crippen LogP contribution in [0.1, 0.15) is 24.2 Å². The van der Waals surface area contributed by atoms with E-state index < -0.39 is 0 Å². The Morgan fingerprint density at radius 3 is 2.52 bits per heavy atom. The van der Waals surface area contributed by atoms with Crippen LogP contribution in [0.4, 0.5) is 5.69 Å². The number of benzene rings is 1. The average molecular weight is 344 g/mol. The molecule has 0 bridgehead atoms. The first-order chi connectivity index (χ1) is 12.0. The number of para-hydroxylation sites is 1. The van der Waals surface area contributed by atoms with Crippen LogP contribution in [0.3, 0.4) is 0 Å². The van der Waals surface area contributed by atoms with Crippen LogP contribution in [0, 0.1) is 0 Å². The summed E-state index contributed by atoms with van der Waals surface area (Å²) in [5.41, 5.74) is 1.50. The summed E-state index contributed by atoms with van der Waals surface area (Å²) >= 11 is 0. The smallest absolute Gasteiger partial charge is 0.256 e. The third-order valence-electron chi connectivity index (χ3n) is 4.07. The quantitative estimate of drug-likeness (QED) is 0.737. The van der Waals surface area contributed by atoms with E-state index >= 15 is 0 Å². The van der Waals surface area contributed by atoms with Crippen molar-refractivity contribution < 1.29 is 9.59 Å². The summed E-state index contributed by atoms with van der Waals surface area (Å²) in [4.78, 5) is 28.6. The van der Waals surface area contributed by atoms with Crippen molar-refractivity contribution in [2.75, 3.05) is 44.6 Å². The zero-order chi connectivity index (χ0) is 18.2. The molecule has 2 rings (SSSR count). The van der Waals surface area contributed by atoms with Gasteiger partial charge in [-0.15, -0.1) is 6.58 Å². The molecular formula is C19H28N4O2. The maximum Gasteiger partial charge on any atom is 0.256 e. The van der Waals surface area contributed by atoms with Gasteiger partial charge in [-0.3, -0.25) is 14.5 Å². The number of piperazine rings is 1. The van der Waals surface area contributed by atoms with Gasteiger partial charge in [0.05, 0.1) is 12.1 Å². The average Bonchev–Trinajstić information content (AvgIpc) is 2.59. The maximum absolute atomic E-state index is 12.8. The van der Waals surface area contributed by atoms with E-state index in [2.05, 4.69) is 22.1 Å². The highest BCUT2D eigenvalue weighted by molar-refractivity contribution is 5.99. The van der Waals surface area contributed by atoms with E-state index in [9.17, 15) is 9.59 Å². The molecule has 1 saturated heterocycles. The third kappa shape index (κ3) is 5.60. The van der Waals surface area contributed by atoms with Crippen LogP contribution < -0.4 is 10.6 Å². The van der Waals surface area contributed by atoms with E-state index in [1.165, 1.54) is 0 Å². The zero-order valence-electron chi connectivity index (χ0n) is 15.1. The van der Waals surface area contributed by atoms with E-state index in [-0.39, 0.29) is 17.9 Å². The van der Waals surface area contributed by atoms with Gasteiger partial charge in [-0.1, -0.05) is 18.2 Å². The second-order valence-electron chi connectivity index (χ2n) is 6.51. The van der Waals surface area contributed by atoms with Crippen molar-refractivity contribution in [1.82, 2.24) is 15.1 Å². The first kappa shape index (κ1) is 19.0. The van der Waals surface area contributed by atoms with Gasteiger partial charge in [0.1, 0.15) is 0 Å². The van der Waals surface area contributed by atoms with Crippen molar-refractivity contribution in [3.8, 4) is 0 Å². The van der Waals surface area contributed by atoms with Crippen molar-refractivity contribution in [1.29, 1.82) is 0 Å². The second-order valence-corrected chi connectivity index (χ2v) is 6.51. The molecule has 0 aromatic heterocycles. The Hall–Kier alpha value is -2.34. The minimum Gasteiger partial charge on any atom is -0.381 e. The number of amides is 2. The molecule has 6 heteroatoms. The summed E-state index contributed by atoms with van der Waals surface area (Å²) < 4.78 is 0. The molecule has 0 aliphatic carbocycles. The van der Waals surface area contributed by atoms with Gasteiger partial charge >= 0.3 is 0 Å². The van der Waals surface area contributed by atoms with Crippen molar-refractivity contribution in [3.05, 3.63) is 42.5 Å². The topological polar surface area (TPSA) is 64.7 Å². The van der Waals surface area contributed by atoms with Crippen LogP contribution in [-0.2, 0) is 4.79 Å². The molecule has 2 N–H and O–H groups in total. The van der Waals surface area contributed by atoms with E-state index in [4.69, 9.17) is 0 Å². The lowest BCUT2D eigenvalue weighted by molar-refractivity contribution is -0.123. The molecule has 1 aromatic rings. The van der Waals surface area contributed by atoms with Gasteiger partial charge < -0.3 is 15.5 Å². The SMILES string of the molecule is C=CCNc1ccccc1C(=O)N1CCN(CC(=O)NC(C)C)CC1.